The molecule has 2 amide bonds. The van der Waals surface area contributed by atoms with Crippen LogP contribution in [-0.4, -0.2) is 45.6 Å². The molecule has 0 saturated heterocycles. The number of alkyl halides is 3. The van der Waals surface area contributed by atoms with Crippen molar-refractivity contribution in [2.75, 3.05) is 6.54 Å². The van der Waals surface area contributed by atoms with Gasteiger partial charge in [0.2, 0.25) is 0 Å². The molecule has 4 rings (SSSR count). The van der Waals surface area contributed by atoms with Crippen LogP contribution < -0.4 is 5.32 Å². The normalized spacial score (nSPS) is 15.1. The molecule has 2 N–H and O–H groups in total. The highest BCUT2D eigenvalue weighted by atomic mass is 35.5. The van der Waals surface area contributed by atoms with Crippen LogP contribution in [0.3, 0.4) is 0 Å². The Hall–Kier alpha value is -3.08. The number of fused-ring (bicyclic) bond motifs is 2. The molecule has 3 heterocycles. The van der Waals surface area contributed by atoms with Crippen LogP contribution in [0.4, 0.5) is 17.6 Å². The van der Waals surface area contributed by atoms with E-state index in [1.54, 1.807) is 0 Å². The van der Waals surface area contributed by atoms with Gasteiger partial charge in [0, 0.05) is 29.4 Å². The van der Waals surface area contributed by atoms with Crippen molar-refractivity contribution in [3.05, 3.63) is 51.8 Å². The molecular weight excluding hydrogens is 444 g/mol. The molecule has 1 aliphatic heterocycles. The molecule has 0 spiro atoms. The highest BCUT2D eigenvalue weighted by Gasteiger charge is 2.38. The van der Waals surface area contributed by atoms with Gasteiger partial charge in [-0.2, -0.15) is 13.2 Å². The van der Waals surface area contributed by atoms with Crippen molar-refractivity contribution in [1.82, 2.24) is 20.4 Å². The van der Waals surface area contributed by atoms with E-state index in [4.69, 9.17) is 16.1 Å². The van der Waals surface area contributed by atoms with E-state index >= 15 is 0 Å². The lowest BCUT2D eigenvalue weighted by atomic mass is 10.0. The van der Waals surface area contributed by atoms with E-state index in [1.807, 2.05) is 5.32 Å². The maximum atomic E-state index is 13.7. The molecule has 31 heavy (non-hydrogen) atoms. The molecule has 0 aliphatic carbocycles. The van der Waals surface area contributed by atoms with Crippen molar-refractivity contribution in [1.29, 1.82) is 0 Å². The Labute approximate surface area is 177 Å². The van der Waals surface area contributed by atoms with Gasteiger partial charge in [-0.3, -0.25) is 9.59 Å². The van der Waals surface area contributed by atoms with E-state index in [0.717, 1.165) is 6.92 Å². The fraction of sp³-hybridized carbons (Fsp3) is 0.316. The zero-order valence-corrected chi connectivity index (χ0v) is 16.7. The summed E-state index contributed by atoms with van der Waals surface area (Å²) in [6.07, 6.45) is -4.38. The molecule has 0 saturated carbocycles. The number of aromatic nitrogens is 2. The summed E-state index contributed by atoms with van der Waals surface area (Å²) in [5, 5.41) is 5.79. The highest BCUT2D eigenvalue weighted by Crippen LogP contribution is 2.27. The van der Waals surface area contributed by atoms with Crippen molar-refractivity contribution in [2.24, 2.45) is 0 Å². The lowest BCUT2D eigenvalue weighted by Gasteiger charge is -2.26. The minimum Gasteiger partial charge on any atom is -0.360 e. The fourth-order valence-corrected chi connectivity index (χ4v) is 3.48. The number of hydrogen-bond acceptors (Lipinski definition) is 4. The van der Waals surface area contributed by atoms with Crippen LogP contribution in [-0.2, 0) is 13.0 Å². The summed E-state index contributed by atoms with van der Waals surface area (Å²) in [5.41, 5.74) is 0.595. The van der Waals surface area contributed by atoms with Crippen LogP contribution in [0.1, 0.15) is 39.2 Å². The number of H-pyrrole nitrogens is 1. The van der Waals surface area contributed by atoms with E-state index in [2.05, 4.69) is 10.1 Å². The van der Waals surface area contributed by atoms with Gasteiger partial charge in [-0.25, -0.2) is 4.39 Å². The molecule has 1 atom stereocenters. The zero-order chi connectivity index (χ0) is 22.5. The first kappa shape index (κ1) is 21.2. The summed E-state index contributed by atoms with van der Waals surface area (Å²) in [6, 6.07) is 1.96. The number of rotatable bonds is 3. The first-order valence-corrected chi connectivity index (χ1v) is 9.54. The van der Waals surface area contributed by atoms with Crippen molar-refractivity contribution < 1.29 is 31.7 Å². The Kier molecular flexibility index (Phi) is 5.16. The van der Waals surface area contributed by atoms with E-state index < -0.39 is 29.8 Å². The summed E-state index contributed by atoms with van der Waals surface area (Å²) < 4.78 is 57.0. The average Bonchev–Trinajstić information content (AvgIpc) is 3.30. The molecule has 3 aromatic rings. The Morgan fingerprint density at radius 1 is 1.32 bits per heavy atom. The van der Waals surface area contributed by atoms with Crippen LogP contribution >= 0.6 is 11.6 Å². The van der Waals surface area contributed by atoms with Crippen LogP contribution in [0, 0.1) is 5.82 Å². The second kappa shape index (κ2) is 7.56. The highest BCUT2D eigenvalue weighted by molar-refractivity contribution is 6.31. The lowest BCUT2D eigenvalue weighted by molar-refractivity contribution is -0.149. The maximum Gasteiger partial charge on any atom is 0.408 e. The number of nitrogens with zero attached hydrogens (tertiary/aromatic N) is 2. The minimum atomic E-state index is -4.61. The average molecular weight is 459 g/mol. The number of benzene rings is 1. The van der Waals surface area contributed by atoms with Crippen LogP contribution in [0.2, 0.25) is 5.02 Å². The first-order valence-electron chi connectivity index (χ1n) is 9.16. The lowest BCUT2D eigenvalue weighted by Crippen LogP contribution is -2.44. The predicted molar refractivity (Wildman–Crippen MR) is 101 cm³/mol. The summed E-state index contributed by atoms with van der Waals surface area (Å²) in [7, 11) is 0. The summed E-state index contributed by atoms with van der Waals surface area (Å²) in [6.45, 7) is 0.974. The molecule has 12 heteroatoms. The molecular formula is C19H15ClF4N4O3. The van der Waals surface area contributed by atoms with Gasteiger partial charge in [-0.05, 0) is 25.1 Å². The topological polar surface area (TPSA) is 91.2 Å². The standard InChI is InChI=1S/C19H15ClF4N4O3/c1-8(19(22,23)24)25-17(29)16-10-7-28(3-2-15(10)31-27-16)18(30)14-5-9-4-12(21)11(20)6-13(9)26-14/h4-6,8,26H,2-3,7H2,1H3,(H,25,29)/t8-/m1/s1. The second-order valence-corrected chi connectivity index (χ2v) is 7.59. The molecule has 0 radical (unpaired) electrons. The molecule has 2 aromatic heterocycles. The molecule has 1 aliphatic rings. The number of aromatic amines is 1. The fourth-order valence-electron chi connectivity index (χ4n) is 3.32. The van der Waals surface area contributed by atoms with Crippen molar-refractivity contribution in [3.63, 3.8) is 0 Å². The van der Waals surface area contributed by atoms with Gasteiger partial charge in [-0.1, -0.05) is 16.8 Å². The summed E-state index contributed by atoms with van der Waals surface area (Å²) in [5.74, 6) is -1.77. The number of carbonyl (C=O) groups excluding carboxylic acids is 2. The maximum absolute atomic E-state index is 13.7. The quantitative estimate of drug-likeness (QED) is 0.584. The largest absolute Gasteiger partial charge is 0.408 e. The Morgan fingerprint density at radius 3 is 2.77 bits per heavy atom. The van der Waals surface area contributed by atoms with Gasteiger partial charge in [0.05, 0.1) is 11.6 Å². The van der Waals surface area contributed by atoms with Gasteiger partial charge in [0.15, 0.2) is 5.69 Å². The smallest absolute Gasteiger partial charge is 0.360 e. The molecule has 7 nitrogen and oxygen atoms in total. The number of nitrogens with one attached hydrogen (secondary N) is 2. The van der Waals surface area contributed by atoms with Crippen molar-refractivity contribution >= 4 is 34.3 Å². The minimum absolute atomic E-state index is 0.0781. The first-order chi connectivity index (χ1) is 14.5. The van der Waals surface area contributed by atoms with Gasteiger partial charge >= 0.3 is 6.18 Å². The predicted octanol–water partition coefficient (Wildman–Crippen LogP) is 3.83. The van der Waals surface area contributed by atoms with Crippen molar-refractivity contribution in [3.8, 4) is 0 Å². The van der Waals surface area contributed by atoms with E-state index in [-0.39, 0.29) is 41.5 Å². The van der Waals surface area contributed by atoms with Gasteiger partial charge in [0.1, 0.15) is 23.3 Å². The van der Waals surface area contributed by atoms with Crippen LogP contribution in [0.5, 0.6) is 0 Å². The molecule has 1 aromatic carbocycles. The third-order valence-electron chi connectivity index (χ3n) is 5.06. The number of halogens is 5. The zero-order valence-electron chi connectivity index (χ0n) is 15.9. The SMILES string of the molecule is C[C@@H](NC(=O)c1noc2c1CN(C(=O)c1cc3cc(F)c(Cl)cc3[nH]1)CC2)C(F)(F)F. The Bertz CT molecular complexity index is 1150. The monoisotopic (exact) mass is 458 g/mol. The molecule has 0 fully saturated rings. The number of hydrogen-bond donors (Lipinski definition) is 2. The third-order valence-corrected chi connectivity index (χ3v) is 5.35. The van der Waals surface area contributed by atoms with Gasteiger partial charge in [-0.15, -0.1) is 0 Å². The summed E-state index contributed by atoms with van der Waals surface area (Å²) >= 11 is 5.76. The van der Waals surface area contributed by atoms with Gasteiger partial charge < -0.3 is 19.7 Å². The van der Waals surface area contributed by atoms with Gasteiger partial charge in [0.25, 0.3) is 11.8 Å². The molecule has 0 unspecified atom stereocenters. The van der Waals surface area contributed by atoms with E-state index in [1.165, 1.54) is 23.1 Å². The van der Waals surface area contributed by atoms with E-state index in [9.17, 15) is 27.2 Å². The van der Waals surface area contributed by atoms with E-state index in [0.29, 0.717) is 16.7 Å². The number of amides is 2. The third kappa shape index (κ3) is 3.97. The molecule has 164 valence electrons. The summed E-state index contributed by atoms with van der Waals surface area (Å²) in [4.78, 5) is 29.5. The van der Waals surface area contributed by atoms with Crippen molar-refractivity contribution in [2.45, 2.75) is 32.1 Å². The second-order valence-electron chi connectivity index (χ2n) is 7.18. The Morgan fingerprint density at radius 2 is 2.06 bits per heavy atom. The molecule has 0 bridgehead atoms. The van der Waals surface area contributed by atoms with Crippen LogP contribution in [0.15, 0.2) is 22.7 Å². The Balaban J connectivity index is 1.55. The van der Waals surface area contributed by atoms with Crippen LogP contribution in [0.25, 0.3) is 10.9 Å². The number of carbonyl (C=O) groups is 2.